The summed E-state index contributed by atoms with van der Waals surface area (Å²) in [5, 5.41) is 30.7. The first-order valence-corrected chi connectivity index (χ1v) is 21.5. The zero-order valence-electron chi connectivity index (χ0n) is 36.1. The summed E-state index contributed by atoms with van der Waals surface area (Å²) in [7, 11) is 9.63. The van der Waals surface area contributed by atoms with E-state index in [-0.39, 0.29) is 47.4 Å². The van der Waals surface area contributed by atoms with E-state index >= 15 is 0 Å². The summed E-state index contributed by atoms with van der Waals surface area (Å²) in [6, 6.07) is 9.06. The van der Waals surface area contributed by atoms with Crippen molar-refractivity contribution in [2.45, 2.75) is 110 Å². The fraction of sp³-hybridized carbons (Fsp3) is 0.689. The van der Waals surface area contributed by atoms with Crippen LogP contribution in [0.5, 0.6) is 5.75 Å². The second-order valence-electron chi connectivity index (χ2n) is 20.5. The van der Waals surface area contributed by atoms with Crippen LogP contribution in [-0.2, 0) is 16.2 Å². The molecule has 10 atom stereocenters. The number of ether oxygens (including phenoxy) is 1. The number of aliphatic hydroxyl groups is 2. The van der Waals surface area contributed by atoms with E-state index in [2.05, 4.69) is 73.0 Å². The topological polar surface area (TPSA) is 127 Å². The molecule has 2 bridgehead atoms. The number of nitrogens with zero attached hydrogens (tertiary/aromatic N) is 3. The Balaban J connectivity index is 1.21. The Morgan fingerprint density at radius 2 is 1.79 bits per heavy atom. The van der Waals surface area contributed by atoms with E-state index in [0.29, 0.717) is 45.9 Å². The minimum atomic E-state index is -1.18. The van der Waals surface area contributed by atoms with E-state index in [0.717, 1.165) is 41.8 Å². The lowest BCUT2D eigenvalue weighted by Gasteiger charge is -2.62. The Kier molecular flexibility index (Phi) is 10.8. The van der Waals surface area contributed by atoms with Gasteiger partial charge in [0.25, 0.3) is 5.91 Å². The molecular weight excluding hydrogens is 786 g/mol. The van der Waals surface area contributed by atoms with Crippen LogP contribution in [0, 0.1) is 39.9 Å². The van der Waals surface area contributed by atoms with Gasteiger partial charge in [0.2, 0.25) is 5.91 Å². The number of carbonyl (C=O) groups excluding carboxylic acids is 2. The number of rotatable bonds is 12. The zero-order valence-corrected chi connectivity index (χ0v) is 37.7. The number of hydrogen-bond acceptors (Lipinski definition) is 9. The van der Waals surface area contributed by atoms with Gasteiger partial charge in [-0.25, -0.2) is 0 Å². The third-order valence-electron chi connectivity index (χ3n) is 15.0. The summed E-state index contributed by atoms with van der Waals surface area (Å²) < 4.78 is 6.88. The highest BCUT2D eigenvalue weighted by Gasteiger charge is 2.78. The van der Waals surface area contributed by atoms with Gasteiger partial charge in [0, 0.05) is 37.8 Å². The van der Waals surface area contributed by atoms with Gasteiger partial charge in [-0.05, 0) is 115 Å². The quantitative estimate of drug-likeness (QED) is 0.201. The third kappa shape index (κ3) is 7.01. The molecule has 11 nitrogen and oxygen atoms in total. The van der Waals surface area contributed by atoms with Crippen LogP contribution in [0.4, 0.5) is 5.69 Å². The Labute approximate surface area is 348 Å². The fourth-order valence-electron chi connectivity index (χ4n) is 11.7. The van der Waals surface area contributed by atoms with E-state index < -0.39 is 23.2 Å². The number of benzene rings is 2. The number of nitrogens with one attached hydrogen (secondary N) is 2. The van der Waals surface area contributed by atoms with E-state index in [4.69, 9.17) is 9.57 Å². The summed E-state index contributed by atoms with van der Waals surface area (Å²) in [6.07, 6.45) is 2.65. The first-order chi connectivity index (χ1) is 26.5. The summed E-state index contributed by atoms with van der Waals surface area (Å²) in [5.74, 6) is 2.07. The van der Waals surface area contributed by atoms with Gasteiger partial charge < -0.3 is 35.4 Å². The Morgan fingerprint density at radius 1 is 1.11 bits per heavy atom. The van der Waals surface area contributed by atoms with E-state index in [1.54, 1.807) is 19.1 Å². The monoisotopic (exact) mass is 851 g/mol. The molecular formula is C45H66BrN5O6. The van der Waals surface area contributed by atoms with Crippen molar-refractivity contribution in [3.05, 3.63) is 45.9 Å². The molecule has 2 amide bonds. The fourth-order valence-corrected chi connectivity index (χ4v) is 12.4. The number of hydroxylamine groups is 2. The molecule has 2 aromatic carbocycles. The summed E-state index contributed by atoms with van der Waals surface area (Å²) in [4.78, 5) is 39.5. The number of methoxy groups -OCH3 is 1. The molecule has 6 fully saturated rings. The SMILES string of the molecule is COc1c(CN2O[C@@H](CO)[C@]3(CC3(C)O)[C@H]2C(=O)N[C@H]2C[C@H]3C[C@@H]([C@@H]2C)C3(C)C)cccc1-c1cc(C(=O)N[C@]2(CN(C)C)CC2C(C)(C)C)c(Br)c(N(C)C)c1. The summed E-state index contributed by atoms with van der Waals surface area (Å²) >= 11 is 3.79. The molecule has 1 saturated heterocycles. The molecule has 4 N–H and O–H groups in total. The second-order valence-corrected chi connectivity index (χ2v) is 21.3. The molecule has 0 aromatic heterocycles. The van der Waals surface area contributed by atoms with E-state index in [9.17, 15) is 19.8 Å². The minimum absolute atomic E-state index is 0.0367. The van der Waals surface area contributed by atoms with Gasteiger partial charge >= 0.3 is 0 Å². The smallest absolute Gasteiger partial charge is 0.253 e. The van der Waals surface area contributed by atoms with Gasteiger partial charge in [-0.2, -0.15) is 5.06 Å². The molecule has 5 aliphatic carbocycles. The van der Waals surface area contributed by atoms with Crippen molar-refractivity contribution in [2.75, 3.05) is 53.4 Å². The Bertz CT molecular complexity index is 1910. The van der Waals surface area contributed by atoms with Gasteiger partial charge in [-0.3, -0.25) is 14.4 Å². The first kappa shape index (κ1) is 42.4. The Morgan fingerprint density at radius 3 is 2.32 bits per heavy atom. The molecule has 0 radical (unpaired) electrons. The maximum atomic E-state index is 14.6. The number of likely N-dealkylation sites (N-methyl/N-ethyl adjacent to an activating group) is 1. The highest BCUT2D eigenvalue weighted by atomic mass is 79.9. The lowest BCUT2D eigenvalue weighted by Crippen LogP contribution is -2.62. The number of aliphatic hydroxyl groups excluding tert-OH is 1. The molecule has 2 aromatic rings. The highest BCUT2D eigenvalue weighted by Crippen LogP contribution is 2.66. The number of hydrogen-bond donors (Lipinski definition) is 4. The summed E-state index contributed by atoms with van der Waals surface area (Å²) in [6.45, 7) is 16.0. The van der Waals surface area contributed by atoms with Crippen LogP contribution in [0.2, 0.25) is 0 Å². The van der Waals surface area contributed by atoms with Gasteiger partial charge in [-0.15, -0.1) is 0 Å². The molecule has 2 unspecified atom stereocenters. The molecule has 57 heavy (non-hydrogen) atoms. The van der Waals surface area contributed by atoms with Gasteiger partial charge in [0.05, 0.1) is 52.5 Å². The van der Waals surface area contributed by atoms with Crippen molar-refractivity contribution in [2.24, 2.45) is 39.9 Å². The van der Waals surface area contributed by atoms with Crippen molar-refractivity contribution in [1.29, 1.82) is 0 Å². The highest BCUT2D eigenvalue weighted by molar-refractivity contribution is 9.10. The lowest BCUT2D eigenvalue weighted by atomic mass is 9.45. The number of amides is 2. The number of para-hydroxylation sites is 1. The molecule has 1 aliphatic heterocycles. The van der Waals surface area contributed by atoms with E-state index in [1.165, 1.54) is 6.42 Å². The molecule has 1 spiro atoms. The molecule has 12 heteroatoms. The zero-order chi connectivity index (χ0) is 41.8. The van der Waals surface area contributed by atoms with Crippen LogP contribution in [0.15, 0.2) is 34.8 Å². The van der Waals surface area contributed by atoms with Gasteiger partial charge in [0.15, 0.2) is 0 Å². The lowest BCUT2D eigenvalue weighted by molar-refractivity contribution is -0.183. The van der Waals surface area contributed by atoms with Crippen LogP contribution < -0.4 is 20.3 Å². The van der Waals surface area contributed by atoms with Crippen molar-refractivity contribution >= 4 is 33.4 Å². The molecule has 6 aliphatic rings. The molecule has 314 valence electrons. The number of fused-ring (bicyclic) bond motifs is 2. The minimum Gasteiger partial charge on any atom is -0.496 e. The average Bonchev–Trinajstić information content (AvgIpc) is 3.93. The van der Waals surface area contributed by atoms with Gasteiger partial charge in [-0.1, -0.05) is 59.7 Å². The maximum Gasteiger partial charge on any atom is 0.253 e. The molecule has 5 saturated carbocycles. The number of carbonyl (C=O) groups is 2. The third-order valence-corrected chi connectivity index (χ3v) is 15.9. The van der Waals surface area contributed by atoms with Crippen molar-refractivity contribution < 1.29 is 29.4 Å². The largest absolute Gasteiger partial charge is 0.496 e. The predicted molar refractivity (Wildman–Crippen MR) is 227 cm³/mol. The second kappa shape index (κ2) is 14.5. The average molecular weight is 853 g/mol. The standard InChI is InChI=1S/C45H66BrN5O6/c1-25-31-18-28(42(31,5)6)19-32(25)47-40(54)38-45(23-43(45,7)55)35(22-52)57-51(38)21-26-14-13-15-29(37(26)56-12)27-16-30(36(46)33(17-27)50(10)11)39(53)48-44(24-49(8)9)20-34(44)41(2,3)4/h13-17,25,28,31-32,34-35,38,52,55H,18-24H2,1-12H3,(H,47,54)(H,48,53)/t25-,28+,31-,32-,34?,35-,38+,43?,44-,45+/m0/s1. The number of anilines is 1. The van der Waals surface area contributed by atoms with Crippen LogP contribution in [0.25, 0.3) is 11.1 Å². The van der Waals surface area contributed by atoms with Crippen LogP contribution in [0.1, 0.15) is 90.1 Å². The first-order valence-electron chi connectivity index (χ1n) is 20.7. The summed E-state index contributed by atoms with van der Waals surface area (Å²) in [5.41, 5.74) is 1.59. The Hall–Kier alpha value is -2.74. The van der Waals surface area contributed by atoms with Crippen LogP contribution >= 0.6 is 15.9 Å². The van der Waals surface area contributed by atoms with Crippen molar-refractivity contribution in [3.8, 4) is 16.9 Å². The van der Waals surface area contributed by atoms with Crippen LogP contribution in [-0.4, -0.2) is 110 Å². The number of halogens is 1. The molecule has 1 heterocycles. The maximum absolute atomic E-state index is 14.6. The van der Waals surface area contributed by atoms with Crippen molar-refractivity contribution in [1.82, 2.24) is 20.6 Å². The van der Waals surface area contributed by atoms with Crippen molar-refractivity contribution in [3.63, 3.8) is 0 Å². The molecule has 8 rings (SSSR count). The normalized spacial score (nSPS) is 35.2. The van der Waals surface area contributed by atoms with E-state index in [1.807, 2.05) is 63.4 Å². The predicted octanol–water partition coefficient (Wildman–Crippen LogP) is 6.09. The van der Waals surface area contributed by atoms with Crippen LogP contribution in [0.3, 0.4) is 0 Å². The van der Waals surface area contributed by atoms with Gasteiger partial charge in [0.1, 0.15) is 17.9 Å².